The van der Waals surface area contributed by atoms with Crippen LogP contribution in [0, 0.1) is 17.0 Å². The molecule has 1 aliphatic rings. The van der Waals surface area contributed by atoms with Crippen LogP contribution in [-0.2, 0) is 9.59 Å². The highest BCUT2D eigenvalue weighted by molar-refractivity contribution is 6.02. The van der Waals surface area contributed by atoms with Gasteiger partial charge in [0.2, 0.25) is 11.8 Å². The Balaban J connectivity index is 0.00000312. The fourth-order valence-electron chi connectivity index (χ4n) is 3.05. The summed E-state index contributed by atoms with van der Waals surface area (Å²) in [5.41, 5.74) is 4.65. The van der Waals surface area contributed by atoms with Gasteiger partial charge in [-0.1, -0.05) is 19.9 Å². The molecule has 2 rings (SSSR count). The maximum absolute atomic E-state index is 13.9. The lowest BCUT2D eigenvalue weighted by molar-refractivity contribution is -0.134. The molecule has 0 aromatic heterocycles. The van der Waals surface area contributed by atoms with Crippen molar-refractivity contribution in [3.63, 3.8) is 0 Å². The van der Waals surface area contributed by atoms with Crippen LogP contribution in [0.3, 0.4) is 0 Å². The molecule has 1 aromatic rings. The number of nitrogens with zero attached hydrogens (tertiary/aromatic N) is 1. The highest BCUT2D eigenvalue weighted by Crippen LogP contribution is 2.29. The molecule has 1 atom stereocenters. The average Bonchev–Trinajstić information content (AvgIpc) is 2.91. The van der Waals surface area contributed by atoms with E-state index in [1.165, 1.54) is 6.07 Å². The minimum absolute atomic E-state index is 0. The number of amides is 2. The highest BCUT2D eigenvalue weighted by atomic mass is 35.5. The topological polar surface area (TPSA) is 75.4 Å². The van der Waals surface area contributed by atoms with Crippen LogP contribution in [0.25, 0.3) is 0 Å². The van der Waals surface area contributed by atoms with E-state index in [-0.39, 0.29) is 37.1 Å². The largest absolute Gasteiger partial charge is 0.344 e. The van der Waals surface area contributed by atoms with E-state index in [9.17, 15) is 18.4 Å². The lowest BCUT2D eigenvalue weighted by Crippen LogP contribution is -2.51. The van der Waals surface area contributed by atoms with Crippen molar-refractivity contribution in [1.29, 1.82) is 0 Å². The number of nitrogens with two attached hydrogens (primary N) is 1. The summed E-state index contributed by atoms with van der Waals surface area (Å²) in [4.78, 5) is 26.1. The van der Waals surface area contributed by atoms with Crippen molar-refractivity contribution >= 4 is 29.9 Å². The molecule has 140 valence electrons. The van der Waals surface area contributed by atoms with Gasteiger partial charge in [-0.15, -0.1) is 12.4 Å². The van der Waals surface area contributed by atoms with Crippen LogP contribution in [0.15, 0.2) is 18.2 Å². The fraction of sp³-hybridized carbons (Fsp3) is 0.529. The Bertz CT molecular complexity index is 610. The first-order valence-electron chi connectivity index (χ1n) is 8.16. The van der Waals surface area contributed by atoms with Crippen LogP contribution < -0.4 is 16.0 Å². The number of hydrogen-bond donors (Lipinski definition) is 2. The van der Waals surface area contributed by atoms with Crippen molar-refractivity contribution in [3.05, 3.63) is 29.8 Å². The molecule has 1 aromatic carbocycles. The molecule has 0 aliphatic carbocycles. The molecule has 1 unspecified atom stereocenters. The number of anilines is 1. The molecule has 0 bridgehead atoms. The summed E-state index contributed by atoms with van der Waals surface area (Å²) >= 11 is 0. The Kier molecular flexibility index (Phi) is 7.31. The third-order valence-electron chi connectivity index (χ3n) is 4.94. The van der Waals surface area contributed by atoms with Gasteiger partial charge in [-0.2, -0.15) is 0 Å². The van der Waals surface area contributed by atoms with Crippen molar-refractivity contribution < 1.29 is 18.4 Å². The zero-order valence-corrected chi connectivity index (χ0v) is 15.2. The quantitative estimate of drug-likeness (QED) is 0.801. The van der Waals surface area contributed by atoms with Gasteiger partial charge < -0.3 is 16.0 Å². The molecule has 0 saturated carbocycles. The predicted molar refractivity (Wildman–Crippen MR) is 94.6 cm³/mol. The number of hydrogen-bond acceptors (Lipinski definition) is 3. The van der Waals surface area contributed by atoms with Gasteiger partial charge in [0.25, 0.3) is 0 Å². The monoisotopic (exact) mass is 375 g/mol. The SMILES string of the molecule is CCC(CC)(CN)C(=O)NC1CCN(c2c(F)cccc2F)C1=O.Cl. The minimum Gasteiger partial charge on any atom is -0.344 e. The van der Waals surface area contributed by atoms with E-state index >= 15 is 0 Å². The predicted octanol–water partition coefficient (Wildman–Crippen LogP) is 2.37. The lowest BCUT2D eigenvalue weighted by atomic mass is 9.81. The molecular formula is C17H24ClF2N3O2. The van der Waals surface area contributed by atoms with E-state index in [0.717, 1.165) is 17.0 Å². The van der Waals surface area contributed by atoms with Gasteiger partial charge in [-0.3, -0.25) is 9.59 Å². The highest BCUT2D eigenvalue weighted by Gasteiger charge is 2.40. The minimum atomic E-state index is -0.797. The van der Waals surface area contributed by atoms with Crippen molar-refractivity contribution in [2.45, 2.75) is 39.2 Å². The maximum atomic E-state index is 13.9. The lowest BCUT2D eigenvalue weighted by Gasteiger charge is -2.29. The van der Waals surface area contributed by atoms with Crippen molar-refractivity contribution in [1.82, 2.24) is 5.32 Å². The number of benzene rings is 1. The van der Waals surface area contributed by atoms with Crippen LogP contribution >= 0.6 is 12.4 Å². The van der Waals surface area contributed by atoms with Crippen molar-refractivity contribution in [3.8, 4) is 0 Å². The molecule has 25 heavy (non-hydrogen) atoms. The molecule has 1 saturated heterocycles. The number of carbonyl (C=O) groups is 2. The van der Waals surface area contributed by atoms with Crippen molar-refractivity contribution in [2.75, 3.05) is 18.0 Å². The number of carbonyl (C=O) groups excluding carboxylic acids is 2. The molecule has 2 amide bonds. The van der Waals surface area contributed by atoms with Crippen LogP contribution in [0.4, 0.5) is 14.5 Å². The third kappa shape index (κ3) is 3.93. The number of halogens is 3. The molecule has 0 radical (unpaired) electrons. The second-order valence-electron chi connectivity index (χ2n) is 6.07. The van der Waals surface area contributed by atoms with Gasteiger partial charge >= 0.3 is 0 Å². The van der Waals surface area contributed by atoms with E-state index in [2.05, 4.69) is 5.32 Å². The van der Waals surface area contributed by atoms with Gasteiger partial charge in [0.15, 0.2) is 0 Å². The standard InChI is InChI=1S/C17H23F2N3O2.ClH/c1-3-17(4-2,10-20)16(24)21-13-8-9-22(15(13)23)14-11(18)6-5-7-12(14)19;/h5-7,13H,3-4,8-10,20H2,1-2H3,(H,21,24);1H. The van der Waals surface area contributed by atoms with Crippen LogP contribution in [-0.4, -0.2) is 30.9 Å². The van der Waals surface area contributed by atoms with Gasteiger partial charge in [-0.05, 0) is 31.4 Å². The summed E-state index contributed by atoms with van der Waals surface area (Å²) in [6, 6.07) is 2.66. The first kappa shape index (κ1) is 21.3. The van der Waals surface area contributed by atoms with Crippen LogP contribution in [0.2, 0.25) is 0 Å². The second kappa shape index (κ2) is 8.58. The van der Waals surface area contributed by atoms with Crippen molar-refractivity contribution in [2.24, 2.45) is 11.1 Å². The first-order chi connectivity index (χ1) is 11.4. The van der Waals surface area contributed by atoms with E-state index in [1.807, 2.05) is 13.8 Å². The Morgan fingerprint density at radius 3 is 2.36 bits per heavy atom. The molecule has 1 heterocycles. The second-order valence-corrected chi connectivity index (χ2v) is 6.07. The molecule has 5 nitrogen and oxygen atoms in total. The Morgan fingerprint density at radius 2 is 1.88 bits per heavy atom. The summed E-state index contributed by atoms with van der Waals surface area (Å²) in [5, 5.41) is 2.71. The molecule has 8 heteroatoms. The first-order valence-corrected chi connectivity index (χ1v) is 8.16. The maximum Gasteiger partial charge on any atom is 0.249 e. The van der Waals surface area contributed by atoms with E-state index in [0.29, 0.717) is 19.3 Å². The van der Waals surface area contributed by atoms with E-state index in [4.69, 9.17) is 5.73 Å². The summed E-state index contributed by atoms with van der Waals surface area (Å²) in [5.74, 6) is -2.39. The molecular weight excluding hydrogens is 352 g/mol. The van der Waals surface area contributed by atoms with Gasteiger partial charge in [-0.25, -0.2) is 8.78 Å². The zero-order valence-electron chi connectivity index (χ0n) is 14.4. The number of para-hydroxylation sites is 1. The van der Waals surface area contributed by atoms with E-state index < -0.39 is 29.0 Å². The van der Waals surface area contributed by atoms with Gasteiger partial charge in [0, 0.05) is 13.1 Å². The average molecular weight is 376 g/mol. The summed E-state index contributed by atoms with van der Waals surface area (Å²) in [6.07, 6.45) is 1.41. The Labute approximate surface area is 152 Å². The molecule has 0 spiro atoms. The van der Waals surface area contributed by atoms with Gasteiger partial charge in [0.1, 0.15) is 23.4 Å². The Hall–Kier alpha value is -1.73. The summed E-state index contributed by atoms with van der Waals surface area (Å²) < 4.78 is 27.8. The molecule has 1 aliphatic heterocycles. The third-order valence-corrected chi connectivity index (χ3v) is 4.94. The normalized spacial score (nSPS) is 17.4. The fourth-order valence-corrected chi connectivity index (χ4v) is 3.05. The molecule has 3 N–H and O–H groups in total. The smallest absolute Gasteiger partial charge is 0.249 e. The van der Waals surface area contributed by atoms with Gasteiger partial charge in [0.05, 0.1) is 5.41 Å². The summed E-state index contributed by atoms with van der Waals surface area (Å²) in [7, 11) is 0. The molecule has 1 fully saturated rings. The Morgan fingerprint density at radius 1 is 1.32 bits per heavy atom. The zero-order chi connectivity index (χ0) is 17.9. The van der Waals surface area contributed by atoms with Crippen LogP contribution in [0.1, 0.15) is 33.1 Å². The summed E-state index contributed by atoms with van der Waals surface area (Å²) in [6.45, 7) is 4.06. The number of nitrogens with one attached hydrogen (secondary N) is 1. The van der Waals surface area contributed by atoms with E-state index in [1.54, 1.807) is 0 Å². The van der Waals surface area contributed by atoms with Crippen LogP contribution in [0.5, 0.6) is 0 Å². The number of rotatable bonds is 6.